The highest BCUT2D eigenvalue weighted by Crippen LogP contribution is 2.27. The van der Waals surface area contributed by atoms with Gasteiger partial charge in [0.1, 0.15) is 17.8 Å². The van der Waals surface area contributed by atoms with E-state index in [9.17, 15) is 19.5 Å². The van der Waals surface area contributed by atoms with E-state index in [1.807, 2.05) is 0 Å². The maximum absolute atomic E-state index is 12.9. The average molecular weight is 376 g/mol. The molecule has 27 heavy (non-hydrogen) atoms. The van der Waals surface area contributed by atoms with Crippen molar-refractivity contribution < 1.29 is 19.5 Å². The van der Waals surface area contributed by atoms with Crippen LogP contribution in [0, 0.1) is 11.3 Å². The van der Waals surface area contributed by atoms with Crippen molar-refractivity contribution in [3.05, 3.63) is 24.3 Å². The van der Waals surface area contributed by atoms with E-state index in [0.717, 1.165) is 32.1 Å². The van der Waals surface area contributed by atoms with Crippen molar-refractivity contribution in [1.82, 2.24) is 20.6 Å². The summed E-state index contributed by atoms with van der Waals surface area (Å²) < 4.78 is 0. The number of nitrogens with zero attached hydrogens (tertiary/aromatic N) is 2. The van der Waals surface area contributed by atoms with Gasteiger partial charge < -0.3 is 15.7 Å². The largest absolute Gasteiger partial charge is 0.480 e. The number of carbonyl (C=O) groups excluding carboxylic acids is 2. The fourth-order valence-corrected chi connectivity index (χ4v) is 3.38. The molecule has 1 fully saturated rings. The first-order valence-electron chi connectivity index (χ1n) is 9.30. The molecule has 0 aromatic carbocycles. The van der Waals surface area contributed by atoms with Crippen LogP contribution in [-0.4, -0.2) is 44.9 Å². The van der Waals surface area contributed by atoms with Crippen molar-refractivity contribution in [2.45, 2.75) is 65.0 Å². The molecule has 1 aliphatic carbocycles. The second-order valence-corrected chi connectivity index (χ2v) is 8.09. The number of rotatable bonds is 6. The Morgan fingerprint density at radius 1 is 1.11 bits per heavy atom. The Kier molecular flexibility index (Phi) is 6.87. The van der Waals surface area contributed by atoms with Gasteiger partial charge in [0.25, 0.3) is 5.91 Å². The monoisotopic (exact) mass is 376 g/mol. The smallest absolute Gasteiger partial charge is 0.326 e. The molecule has 2 rings (SSSR count). The van der Waals surface area contributed by atoms with E-state index in [-0.39, 0.29) is 11.6 Å². The molecule has 1 aromatic heterocycles. The topological polar surface area (TPSA) is 121 Å². The lowest BCUT2D eigenvalue weighted by atomic mass is 9.82. The number of aliphatic carboxylic acids is 1. The Hall–Kier alpha value is -2.51. The maximum Gasteiger partial charge on any atom is 0.326 e. The lowest BCUT2D eigenvalue weighted by Crippen LogP contribution is -2.57. The minimum absolute atomic E-state index is 0.0335. The molecule has 2 amide bonds. The second kappa shape index (κ2) is 8.92. The third-order valence-electron chi connectivity index (χ3n) is 4.89. The summed E-state index contributed by atoms with van der Waals surface area (Å²) >= 11 is 0. The summed E-state index contributed by atoms with van der Waals surface area (Å²) in [5.41, 5.74) is -0.537. The highest BCUT2D eigenvalue weighted by Gasteiger charge is 2.37. The molecule has 1 aromatic rings. The molecule has 0 aliphatic heterocycles. The Balaban J connectivity index is 2.19. The summed E-state index contributed by atoms with van der Waals surface area (Å²) in [5, 5.41) is 14.9. The molecule has 0 saturated heterocycles. The van der Waals surface area contributed by atoms with Gasteiger partial charge in [0.2, 0.25) is 5.91 Å². The molecular formula is C19H28N4O4. The van der Waals surface area contributed by atoms with Gasteiger partial charge in [-0.05, 0) is 24.2 Å². The van der Waals surface area contributed by atoms with Gasteiger partial charge in [-0.1, -0.05) is 40.0 Å². The van der Waals surface area contributed by atoms with Crippen LogP contribution in [0.5, 0.6) is 0 Å². The predicted molar refractivity (Wildman–Crippen MR) is 98.9 cm³/mol. The molecule has 0 unspecified atom stereocenters. The average Bonchev–Trinajstić information content (AvgIpc) is 2.64. The first-order valence-corrected chi connectivity index (χ1v) is 9.30. The number of hydrogen-bond acceptors (Lipinski definition) is 5. The van der Waals surface area contributed by atoms with E-state index in [1.54, 1.807) is 20.8 Å². The van der Waals surface area contributed by atoms with E-state index in [2.05, 4.69) is 20.6 Å². The Morgan fingerprint density at radius 3 is 2.30 bits per heavy atom. The summed E-state index contributed by atoms with van der Waals surface area (Å²) in [6.45, 7) is 5.25. The molecule has 3 N–H and O–H groups in total. The van der Waals surface area contributed by atoms with Gasteiger partial charge in [0.15, 0.2) is 0 Å². The van der Waals surface area contributed by atoms with E-state index < -0.39 is 35.3 Å². The second-order valence-electron chi connectivity index (χ2n) is 8.09. The Labute approximate surface area is 159 Å². The molecule has 1 saturated carbocycles. The van der Waals surface area contributed by atoms with Gasteiger partial charge in [0.05, 0.1) is 6.20 Å². The molecular weight excluding hydrogens is 348 g/mol. The Bertz CT molecular complexity index is 666. The number of nitrogens with one attached hydrogen (secondary N) is 2. The molecule has 1 heterocycles. The van der Waals surface area contributed by atoms with Crippen LogP contribution in [0.3, 0.4) is 0 Å². The lowest BCUT2D eigenvalue weighted by molar-refractivity contribution is -0.145. The summed E-state index contributed by atoms with van der Waals surface area (Å²) in [7, 11) is 0. The molecule has 0 bridgehead atoms. The number of hydrogen-bond donors (Lipinski definition) is 3. The van der Waals surface area contributed by atoms with Crippen LogP contribution in [0.1, 0.15) is 63.4 Å². The van der Waals surface area contributed by atoms with Gasteiger partial charge in [-0.2, -0.15) is 0 Å². The van der Waals surface area contributed by atoms with Gasteiger partial charge in [0, 0.05) is 12.4 Å². The van der Waals surface area contributed by atoms with Crippen molar-refractivity contribution in [1.29, 1.82) is 0 Å². The number of aromatic nitrogens is 2. The summed E-state index contributed by atoms with van der Waals surface area (Å²) in [5.74, 6) is -2.09. The predicted octanol–water partition coefficient (Wildman–Crippen LogP) is 1.77. The number of carbonyl (C=O) groups is 3. The van der Waals surface area contributed by atoms with Crippen LogP contribution in [0.25, 0.3) is 0 Å². The number of carboxylic acids is 1. The van der Waals surface area contributed by atoms with Crippen molar-refractivity contribution >= 4 is 17.8 Å². The minimum Gasteiger partial charge on any atom is -0.480 e. The fourth-order valence-electron chi connectivity index (χ4n) is 3.38. The van der Waals surface area contributed by atoms with Crippen LogP contribution in [-0.2, 0) is 9.59 Å². The first-order chi connectivity index (χ1) is 12.7. The zero-order valence-electron chi connectivity index (χ0n) is 16.1. The van der Waals surface area contributed by atoms with Crippen molar-refractivity contribution in [2.75, 3.05) is 0 Å². The van der Waals surface area contributed by atoms with Crippen molar-refractivity contribution in [2.24, 2.45) is 11.3 Å². The third-order valence-corrected chi connectivity index (χ3v) is 4.89. The molecule has 0 radical (unpaired) electrons. The van der Waals surface area contributed by atoms with E-state index in [4.69, 9.17) is 0 Å². The molecule has 8 nitrogen and oxygen atoms in total. The molecule has 0 spiro atoms. The summed E-state index contributed by atoms with van der Waals surface area (Å²) in [4.78, 5) is 44.9. The minimum atomic E-state index is -1.10. The maximum atomic E-state index is 12.9. The molecule has 148 valence electrons. The zero-order chi connectivity index (χ0) is 20.0. The molecule has 1 aliphatic rings. The van der Waals surface area contributed by atoms with E-state index >= 15 is 0 Å². The quantitative estimate of drug-likeness (QED) is 0.696. The zero-order valence-corrected chi connectivity index (χ0v) is 16.1. The normalized spacial score (nSPS) is 17.6. The van der Waals surface area contributed by atoms with Gasteiger partial charge in [-0.25, -0.2) is 9.78 Å². The van der Waals surface area contributed by atoms with Gasteiger partial charge in [-0.15, -0.1) is 0 Å². The highest BCUT2D eigenvalue weighted by molar-refractivity contribution is 5.96. The highest BCUT2D eigenvalue weighted by atomic mass is 16.4. The number of amides is 2. The Morgan fingerprint density at radius 2 is 1.78 bits per heavy atom. The first kappa shape index (κ1) is 20.8. The fraction of sp³-hybridized carbons (Fsp3) is 0.632. The van der Waals surface area contributed by atoms with Crippen LogP contribution in [0.15, 0.2) is 18.6 Å². The van der Waals surface area contributed by atoms with Crippen LogP contribution < -0.4 is 10.6 Å². The molecule has 8 heteroatoms. The summed E-state index contributed by atoms with van der Waals surface area (Å²) in [6.07, 6.45) is 8.89. The summed E-state index contributed by atoms with van der Waals surface area (Å²) in [6, 6.07) is -1.85. The third kappa shape index (κ3) is 5.74. The van der Waals surface area contributed by atoms with Crippen LogP contribution in [0.4, 0.5) is 0 Å². The number of carboxylic acid groups (broad SMARTS) is 1. The van der Waals surface area contributed by atoms with Gasteiger partial charge >= 0.3 is 5.97 Å². The van der Waals surface area contributed by atoms with Gasteiger partial charge in [-0.3, -0.25) is 14.6 Å². The van der Waals surface area contributed by atoms with E-state index in [1.165, 1.54) is 18.6 Å². The van der Waals surface area contributed by atoms with Crippen molar-refractivity contribution in [3.63, 3.8) is 0 Å². The lowest BCUT2D eigenvalue weighted by Gasteiger charge is -2.33. The molecule has 2 atom stereocenters. The van der Waals surface area contributed by atoms with E-state index in [0.29, 0.717) is 0 Å². The standard InChI is InChI=1S/C19H28N4O4/c1-19(2,3)15(18(26)27)23-17(25)14(12-7-5-4-6-8-12)22-16(24)13-11-20-9-10-21-13/h9-12,14-15H,4-8H2,1-3H3,(H,22,24)(H,23,25)(H,26,27)/t14-,15-/m0/s1. The SMILES string of the molecule is CC(C)(C)[C@@H](NC(=O)[C@@H](NC(=O)c1cnccn1)C1CCCCC1)C(=O)O. The van der Waals surface area contributed by atoms with Crippen molar-refractivity contribution in [3.8, 4) is 0 Å². The van der Waals surface area contributed by atoms with Crippen LogP contribution >= 0.6 is 0 Å². The van der Waals surface area contributed by atoms with Crippen LogP contribution in [0.2, 0.25) is 0 Å².